The molecule has 0 heterocycles. The molecule has 0 fully saturated rings. The monoisotopic (exact) mass is 298 g/mol. The van der Waals surface area contributed by atoms with E-state index in [2.05, 4.69) is 4.74 Å². The van der Waals surface area contributed by atoms with E-state index in [0.29, 0.717) is 0 Å². The molecule has 3 nitrogen and oxygen atoms in total. The number of nitriles is 1. The average molecular weight is 298 g/mol. The third-order valence-electron chi connectivity index (χ3n) is 2.09. The molecule has 0 aliphatic rings. The summed E-state index contributed by atoms with van der Waals surface area (Å²) in [6, 6.07) is 4.39. The molecule has 0 saturated carbocycles. The van der Waals surface area contributed by atoms with Crippen LogP contribution in [0, 0.1) is 11.3 Å². The summed E-state index contributed by atoms with van der Waals surface area (Å²) < 4.78 is 76.3. The molecular weight excluding hydrogens is 290 g/mol. The van der Waals surface area contributed by atoms with Crippen molar-refractivity contribution in [1.82, 2.24) is 5.32 Å². The van der Waals surface area contributed by atoms with E-state index in [1.807, 2.05) is 5.32 Å². The molecule has 0 aromatic heterocycles. The minimum atomic E-state index is -5.00. The van der Waals surface area contributed by atoms with Crippen molar-refractivity contribution in [3.05, 3.63) is 29.8 Å². The van der Waals surface area contributed by atoms with Crippen LogP contribution in [0.4, 0.5) is 26.3 Å². The summed E-state index contributed by atoms with van der Waals surface area (Å²) in [7, 11) is 0. The van der Waals surface area contributed by atoms with E-state index >= 15 is 0 Å². The van der Waals surface area contributed by atoms with Gasteiger partial charge in [0.25, 0.3) is 0 Å². The summed E-state index contributed by atoms with van der Waals surface area (Å²) in [5, 5.41) is 10.6. The second-order valence-corrected chi connectivity index (χ2v) is 3.64. The molecule has 1 rings (SSSR count). The first-order valence-electron chi connectivity index (χ1n) is 5.17. The summed E-state index contributed by atoms with van der Waals surface area (Å²) in [6.07, 6.45) is -9.59. The molecule has 110 valence electrons. The number of benzene rings is 1. The standard InChI is InChI=1S/C11H8F6N2O/c12-10(13,14)6-19-8(5-18)7-3-1-2-4-9(7)20-11(15,16)17/h1-4,8,19H,6H2. The van der Waals surface area contributed by atoms with Crippen LogP contribution in [0.25, 0.3) is 0 Å². The maximum absolute atomic E-state index is 12.2. The molecule has 0 amide bonds. The third-order valence-corrected chi connectivity index (χ3v) is 2.09. The van der Waals surface area contributed by atoms with E-state index in [-0.39, 0.29) is 5.56 Å². The van der Waals surface area contributed by atoms with Gasteiger partial charge in [-0.1, -0.05) is 18.2 Å². The van der Waals surface area contributed by atoms with Gasteiger partial charge in [-0.15, -0.1) is 13.2 Å². The average Bonchev–Trinajstić information content (AvgIpc) is 2.28. The minimum Gasteiger partial charge on any atom is -0.405 e. The van der Waals surface area contributed by atoms with Crippen molar-refractivity contribution in [3.63, 3.8) is 0 Å². The Morgan fingerprint density at radius 1 is 1.15 bits per heavy atom. The highest BCUT2D eigenvalue weighted by Gasteiger charge is 2.34. The van der Waals surface area contributed by atoms with Gasteiger partial charge in [0.15, 0.2) is 0 Å². The molecular formula is C11H8F6N2O. The van der Waals surface area contributed by atoms with E-state index in [1.165, 1.54) is 18.2 Å². The molecule has 1 aromatic rings. The lowest BCUT2D eigenvalue weighted by molar-refractivity contribution is -0.275. The Morgan fingerprint density at radius 2 is 1.75 bits per heavy atom. The van der Waals surface area contributed by atoms with Gasteiger partial charge in [-0.2, -0.15) is 18.4 Å². The van der Waals surface area contributed by atoms with E-state index in [1.54, 1.807) is 0 Å². The van der Waals surface area contributed by atoms with Gasteiger partial charge < -0.3 is 4.74 Å². The number of ether oxygens (including phenoxy) is 1. The van der Waals surface area contributed by atoms with Gasteiger partial charge >= 0.3 is 12.5 Å². The lowest BCUT2D eigenvalue weighted by atomic mass is 10.1. The van der Waals surface area contributed by atoms with Gasteiger partial charge in [0.05, 0.1) is 12.6 Å². The second-order valence-electron chi connectivity index (χ2n) is 3.64. The second kappa shape index (κ2) is 6.00. The molecule has 0 spiro atoms. The van der Waals surface area contributed by atoms with Crippen LogP contribution in [0.15, 0.2) is 24.3 Å². The van der Waals surface area contributed by atoms with Crippen molar-refractivity contribution >= 4 is 0 Å². The summed E-state index contributed by atoms with van der Waals surface area (Å²) in [5.41, 5.74) is -0.323. The van der Waals surface area contributed by atoms with Gasteiger partial charge in [-0.25, -0.2) is 0 Å². The predicted octanol–water partition coefficient (Wildman–Crippen LogP) is 3.30. The van der Waals surface area contributed by atoms with Crippen molar-refractivity contribution in [2.45, 2.75) is 18.6 Å². The van der Waals surface area contributed by atoms with E-state index < -0.39 is 30.9 Å². The van der Waals surface area contributed by atoms with Crippen LogP contribution in [0.2, 0.25) is 0 Å². The summed E-state index contributed by atoms with van der Waals surface area (Å²) >= 11 is 0. The molecule has 0 aliphatic carbocycles. The van der Waals surface area contributed by atoms with Crippen LogP contribution >= 0.6 is 0 Å². The van der Waals surface area contributed by atoms with Crippen LogP contribution < -0.4 is 10.1 Å². The maximum atomic E-state index is 12.2. The SMILES string of the molecule is N#CC(NCC(F)(F)F)c1ccccc1OC(F)(F)F. The van der Waals surface area contributed by atoms with E-state index in [9.17, 15) is 26.3 Å². The Morgan fingerprint density at radius 3 is 2.25 bits per heavy atom. The molecule has 0 saturated heterocycles. The molecule has 20 heavy (non-hydrogen) atoms. The van der Waals surface area contributed by atoms with Crippen LogP contribution in [0.3, 0.4) is 0 Å². The highest BCUT2D eigenvalue weighted by Crippen LogP contribution is 2.30. The Balaban J connectivity index is 2.96. The Bertz CT molecular complexity index is 491. The summed E-state index contributed by atoms with van der Waals surface area (Å²) in [5.74, 6) is -0.721. The number of nitrogens with one attached hydrogen (secondary N) is 1. The van der Waals surface area contributed by atoms with Gasteiger partial charge in [0.2, 0.25) is 0 Å². The normalized spacial score (nSPS) is 13.7. The molecule has 0 bridgehead atoms. The Kier molecular flexibility index (Phi) is 4.83. The number of rotatable bonds is 4. The smallest absolute Gasteiger partial charge is 0.405 e. The Hall–Kier alpha value is -1.95. The minimum absolute atomic E-state index is 0.323. The molecule has 1 unspecified atom stereocenters. The molecule has 0 radical (unpaired) electrons. The van der Waals surface area contributed by atoms with Gasteiger partial charge in [-0.05, 0) is 6.07 Å². The molecule has 1 N–H and O–H groups in total. The van der Waals surface area contributed by atoms with Gasteiger partial charge in [0.1, 0.15) is 11.8 Å². The van der Waals surface area contributed by atoms with Crippen LogP contribution in [-0.2, 0) is 0 Å². The number of nitrogens with zero attached hydrogens (tertiary/aromatic N) is 1. The summed E-state index contributed by atoms with van der Waals surface area (Å²) in [4.78, 5) is 0. The fourth-order valence-corrected chi connectivity index (χ4v) is 1.38. The van der Waals surface area contributed by atoms with Crippen molar-refractivity contribution in [2.24, 2.45) is 0 Å². The number of hydrogen-bond donors (Lipinski definition) is 1. The topological polar surface area (TPSA) is 45.0 Å². The number of alkyl halides is 6. The van der Waals surface area contributed by atoms with Crippen LogP contribution in [0.1, 0.15) is 11.6 Å². The molecule has 9 heteroatoms. The quantitative estimate of drug-likeness (QED) is 0.867. The highest BCUT2D eigenvalue weighted by molar-refractivity contribution is 5.38. The lowest BCUT2D eigenvalue weighted by Crippen LogP contribution is -2.32. The number of para-hydroxylation sites is 1. The van der Waals surface area contributed by atoms with Gasteiger partial charge in [-0.3, -0.25) is 5.32 Å². The molecule has 1 aromatic carbocycles. The van der Waals surface area contributed by atoms with Gasteiger partial charge in [0, 0.05) is 5.56 Å². The van der Waals surface area contributed by atoms with Crippen molar-refractivity contribution in [1.29, 1.82) is 5.26 Å². The predicted molar refractivity (Wildman–Crippen MR) is 55.5 cm³/mol. The molecule has 1 atom stereocenters. The third kappa shape index (κ3) is 5.36. The first-order valence-corrected chi connectivity index (χ1v) is 5.17. The van der Waals surface area contributed by atoms with Crippen LogP contribution in [0.5, 0.6) is 5.75 Å². The first-order chi connectivity index (χ1) is 9.12. The van der Waals surface area contributed by atoms with E-state index in [4.69, 9.17) is 5.26 Å². The zero-order valence-electron chi connectivity index (χ0n) is 9.72. The highest BCUT2D eigenvalue weighted by atomic mass is 19.4. The van der Waals surface area contributed by atoms with Crippen molar-refractivity contribution in [2.75, 3.05) is 6.54 Å². The molecule has 0 aliphatic heterocycles. The van der Waals surface area contributed by atoms with Crippen molar-refractivity contribution in [3.8, 4) is 11.8 Å². The fraction of sp³-hybridized carbons (Fsp3) is 0.364. The summed E-state index contributed by atoms with van der Waals surface area (Å²) in [6.45, 7) is -1.51. The first kappa shape index (κ1) is 16.1. The zero-order valence-corrected chi connectivity index (χ0v) is 9.72. The van der Waals surface area contributed by atoms with Crippen LogP contribution in [-0.4, -0.2) is 19.1 Å². The lowest BCUT2D eigenvalue weighted by Gasteiger charge is -2.18. The van der Waals surface area contributed by atoms with E-state index in [0.717, 1.165) is 12.1 Å². The fourth-order valence-electron chi connectivity index (χ4n) is 1.38. The number of hydrogen-bond acceptors (Lipinski definition) is 3. The maximum Gasteiger partial charge on any atom is 0.573 e. The largest absolute Gasteiger partial charge is 0.573 e. The Labute approximate surface area is 109 Å². The zero-order chi connectivity index (χ0) is 15.4. The number of halogens is 6. The van der Waals surface area contributed by atoms with Crippen molar-refractivity contribution < 1.29 is 31.1 Å².